The van der Waals surface area contributed by atoms with Crippen LogP contribution < -0.4 is 0 Å². The second-order valence-electron chi connectivity index (χ2n) is 4.23. The van der Waals surface area contributed by atoms with Gasteiger partial charge in [-0.1, -0.05) is 41.6 Å². The lowest BCUT2D eigenvalue weighted by Gasteiger charge is -1.97. The van der Waals surface area contributed by atoms with Gasteiger partial charge in [0.05, 0.1) is 16.7 Å². The fourth-order valence-corrected chi connectivity index (χ4v) is 2.46. The third kappa shape index (κ3) is 2.71. The van der Waals surface area contributed by atoms with E-state index in [1.165, 1.54) is 0 Å². The largest absolute Gasteiger partial charge is 0.333 e. The monoisotopic (exact) mass is 301 g/mol. The lowest BCUT2D eigenvalue weighted by Crippen LogP contribution is -1.81. The molecule has 0 saturated carbocycles. The summed E-state index contributed by atoms with van der Waals surface area (Å²) in [6.07, 6.45) is 3.77. The molecule has 3 nitrogen and oxygen atoms in total. The average molecular weight is 302 g/mol. The first-order chi connectivity index (χ1) is 9.76. The number of nitrogens with one attached hydrogen (secondary N) is 1. The topological polar surface area (TPSA) is 41.0 Å². The fourth-order valence-electron chi connectivity index (χ4n) is 1.88. The number of hydrogen-bond donors (Lipinski definition) is 1. The van der Waals surface area contributed by atoms with Gasteiger partial charge in [-0.2, -0.15) is 0 Å². The molecule has 0 aliphatic heterocycles. The van der Waals surface area contributed by atoms with Crippen LogP contribution in [0.4, 0.5) is 5.69 Å². The van der Waals surface area contributed by atoms with Gasteiger partial charge < -0.3 is 4.98 Å². The van der Waals surface area contributed by atoms with E-state index in [2.05, 4.69) is 15.0 Å². The smallest absolute Gasteiger partial charge is 0.166 e. The zero-order chi connectivity index (χ0) is 13.9. The molecule has 2 aromatic carbocycles. The van der Waals surface area contributed by atoms with E-state index in [9.17, 15) is 0 Å². The van der Waals surface area contributed by atoms with Crippen molar-refractivity contribution < 1.29 is 0 Å². The average Bonchev–Trinajstić information content (AvgIpc) is 2.88. The third-order valence-corrected chi connectivity index (χ3v) is 3.82. The van der Waals surface area contributed by atoms with Crippen molar-refractivity contribution >= 4 is 46.3 Å². The number of aromatic amines is 1. The van der Waals surface area contributed by atoms with Crippen LogP contribution in [0.15, 0.2) is 52.6 Å². The van der Waals surface area contributed by atoms with E-state index in [0.29, 0.717) is 5.02 Å². The van der Waals surface area contributed by atoms with E-state index in [1.54, 1.807) is 18.0 Å². The van der Waals surface area contributed by atoms with Crippen molar-refractivity contribution in [3.8, 4) is 0 Å². The zero-order valence-corrected chi connectivity index (χ0v) is 12.4. The summed E-state index contributed by atoms with van der Waals surface area (Å²) in [5.74, 6) is 0. The van der Waals surface area contributed by atoms with Crippen molar-refractivity contribution in [2.45, 2.75) is 5.16 Å². The zero-order valence-electron chi connectivity index (χ0n) is 10.8. The summed E-state index contributed by atoms with van der Waals surface area (Å²) in [6.45, 7) is 0. The minimum absolute atomic E-state index is 0.698. The summed E-state index contributed by atoms with van der Waals surface area (Å²) in [5, 5.41) is 1.61. The van der Waals surface area contributed by atoms with Crippen molar-refractivity contribution in [3.63, 3.8) is 0 Å². The molecule has 0 fully saturated rings. The van der Waals surface area contributed by atoms with Crippen LogP contribution in [-0.2, 0) is 0 Å². The molecule has 1 heterocycles. The molecule has 100 valence electrons. The predicted molar refractivity (Wildman–Crippen MR) is 86.6 cm³/mol. The summed E-state index contributed by atoms with van der Waals surface area (Å²) in [6, 6.07) is 13.5. The molecular weight excluding hydrogens is 290 g/mol. The quantitative estimate of drug-likeness (QED) is 0.563. The number of aromatic nitrogens is 2. The van der Waals surface area contributed by atoms with E-state index in [4.69, 9.17) is 11.6 Å². The number of benzene rings is 2. The highest BCUT2D eigenvalue weighted by Crippen LogP contribution is 2.23. The first-order valence-electron chi connectivity index (χ1n) is 6.08. The van der Waals surface area contributed by atoms with E-state index >= 15 is 0 Å². The maximum Gasteiger partial charge on any atom is 0.166 e. The van der Waals surface area contributed by atoms with Crippen LogP contribution in [0.3, 0.4) is 0 Å². The van der Waals surface area contributed by atoms with E-state index in [1.807, 2.05) is 48.7 Å². The van der Waals surface area contributed by atoms with Gasteiger partial charge >= 0.3 is 0 Å². The number of aliphatic imine (C=N–C) groups is 1. The summed E-state index contributed by atoms with van der Waals surface area (Å²) in [4.78, 5) is 12.1. The van der Waals surface area contributed by atoms with Crippen LogP contribution in [-0.4, -0.2) is 22.4 Å². The Kier molecular flexibility index (Phi) is 3.76. The molecule has 3 rings (SSSR count). The molecule has 0 unspecified atom stereocenters. The number of nitrogens with zero attached hydrogens (tertiary/aromatic N) is 2. The molecule has 5 heteroatoms. The summed E-state index contributed by atoms with van der Waals surface area (Å²) >= 11 is 7.69. The molecule has 0 atom stereocenters. The molecule has 0 aliphatic rings. The molecule has 0 spiro atoms. The number of fused-ring (bicyclic) bond motifs is 1. The van der Waals surface area contributed by atoms with Gasteiger partial charge in [0.2, 0.25) is 0 Å². The highest BCUT2D eigenvalue weighted by atomic mass is 35.5. The second kappa shape index (κ2) is 5.69. The Hall–Kier alpha value is -1.78. The number of hydrogen-bond acceptors (Lipinski definition) is 3. The van der Waals surface area contributed by atoms with Gasteiger partial charge in [-0.3, -0.25) is 4.99 Å². The number of imidazole rings is 1. The van der Waals surface area contributed by atoms with Gasteiger partial charge in [0, 0.05) is 16.8 Å². The fraction of sp³-hybridized carbons (Fsp3) is 0.0667. The Balaban J connectivity index is 1.92. The minimum Gasteiger partial charge on any atom is -0.333 e. The summed E-state index contributed by atoms with van der Waals surface area (Å²) in [5.41, 5.74) is 3.71. The number of halogens is 1. The highest BCUT2D eigenvalue weighted by Gasteiger charge is 2.02. The van der Waals surface area contributed by atoms with Crippen molar-refractivity contribution in [3.05, 3.63) is 53.1 Å². The Bertz CT molecular complexity index is 780. The summed E-state index contributed by atoms with van der Waals surface area (Å²) < 4.78 is 0. The second-order valence-corrected chi connectivity index (χ2v) is 5.43. The molecule has 0 saturated heterocycles. The minimum atomic E-state index is 0.698. The molecule has 3 aromatic rings. The standard InChI is InChI=1S/C15H12ClN3S/c1-20-15-18-13-7-6-11(8-14(13)19-15)17-9-10-4-2-3-5-12(10)16/h2-9H,1H3,(H,18,19). The lowest BCUT2D eigenvalue weighted by molar-refractivity contribution is 1.09. The van der Waals surface area contributed by atoms with Gasteiger partial charge in [0.1, 0.15) is 0 Å². The molecular formula is C15H12ClN3S. The van der Waals surface area contributed by atoms with Crippen molar-refractivity contribution in [2.24, 2.45) is 4.99 Å². The van der Waals surface area contributed by atoms with Crippen molar-refractivity contribution in [1.82, 2.24) is 9.97 Å². The molecule has 0 amide bonds. The Labute approximate surface area is 126 Å². The number of rotatable bonds is 3. The SMILES string of the molecule is CSc1nc2ccc(N=Cc3ccccc3Cl)cc2[nH]1. The van der Waals surface area contributed by atoms with Crippen molar-refractivity contribution in [2.75, 3.05) is 6.26 Å². The molecule has 0 bridgehead atoms. The Morgan fingerprint density at radius 1 is 1.25 bits per heavy atom. The predicted octanol–water partition coefficient (Wildman–Crippen LogP) is 4.69. The van der Waals surface area contributed by atoms with Gasteiger partial charge in [-0.05, 0) is 30.5 Å². The normalized spacial score (nSPS) is 11.5. The first kappa shape index (κ1) is 13.2. The van der Waals surface area contributed by atoms with Gasteiger partial charge in [-0.25, -0.2) is 4.98 Å². The van der Waals surface area contributed by atoms with Gasteiger partial charge in [-0.15, -0.1) is 0 Å². The van der Waals surface area contributed by atoms with Crippen LogP contribution in [0, 0.1) is 0 Å². The van der Waals surface area contributed by atoms with E-state index in [-0.39, 0.29) is 0 Å². The Morgan fingerprint density at radius 3 is 2.90 bits per heavy atom. The van der Waals surface area contributed by atoms with Gasteiger partial charge in [0.15, 0.2) is 5.16 Å². The molecule has 20 heavy (non-hydrogen) atoms. The summed E-state index contributed by atoms with van der Waals surface area (Å²) in [7, 11) is 0. The van der Waals surface area contributed by atoms with Crippen LogP contribution in [0.5, 0.6) is 0 Å². The number of H-pyrrole nitrogens is 1. The molecule has 1 aromatic heterocycles. The maximum atomic E-state index is 6.10. The number of thioether (sulfide) groups is 1. The van der Waals surface area contributed by atoms with Crippen LogP contribution in [0.25, 0.3) is 11.0 Å². The van der Waals surface area contributed by atoms with Gasteiger partial charge in [0.25, 0.3) is 0 Å². The maximum absolute atomic E-state index is 6.10. The van der Waals surface area contributed by atoms with Crippen LogP contribution >= 0.6 is 23.4 Å². The lowest BCUT2D eigenvalue weighted by atomic mass is 10.2. The highest BCUT2D eigenvalue weighted by molar-refractivity contribution is 7.98. The molecule has 0 aliphatic carbocycles. The van der Waals surface area contributed by atoms with Crippen LogP contribution in [0.2, 0.25) is 5.02 Å². The van der Waals surface area contributed by atoms with Crippen molar-refractivity contribution in [1.29, 1.82) is 0 Å². The van der Waals surface area contributed by atoms with E-state index < -0.39 is 0 Å². The Morgan fingerprint density at radius 2 is 2.10 bits per heavy atom. The third-order valence-electron chi connectivity index (χ3n) is 2.90. The molecule has 0 radical (unpaired) electrons. The van der Waals surface area contributed by atoms with E-state index in [0.717, 1.165) is 27.4 Å². The first-order valence-corrected chi connectivity index (χ1v) is 7.69. The molecule has 1 N–H and O–H groups in total. The van der Waals surface area contributed by atoms with Crippen LogP contribution in [0.1, 0.15) is 5.56 Å².